The molecule has 0 saturated heterocycles. The van der Waals surface area contributed by atoms with Gasteiger partial charge in [0.25, 0.3) is 0 Å². The van der Waals surface area contributed by atoms with Gasteiger partial charge in [0.05, 0.1) is 11.4 Å². The van der Waals surface area contributed by atoms with Crippen LogP contribution in [0.3, 0.4) is 0 Å². The number of amides is 3. The molecule has 3 N–H and O–H groups in total. The summed E-state index contributed by atoms with van der Waals surface area (Å²) < 4.78 is 39.1. The van der Waals surface area contributed by atoms with Crippen molar-refractivity contribution in [3.8, 4) is 0 Å². The van der Waals surface area contributed by atoms with E-state index in [9.17, 15) is 22.4 Å². The second-order valence-corrected chi connectivity index (χ2v) is 8.26. The third-order valence-electron chi connectivity index (χ3n) is 4.26. The molecule has 0 radical (unpaired) electrons. The molecule has 3 amide bonds. The van der Waals surface area contributed by atoms with Crippen molar-refractivity contribution < 1.29 is 22.4 Å². The number of urea groups is 1. The van der Waals surface area contributed by atoms with Crippen LogP contribution in [0.4, 0.5) is 14.9 Å². The van der Waals surface area contributed by atoms with Crippen molar-refractivity contribution in [2.45, 2.75) is 25.3 Å². The summed E-state index contributed by atoms with van der Waals surface area (Å²) in [5.74, 6) is -0.829. The number of sulfonamides is 1. The monoisotopic (exact) mass is 436 g/mol. The fourth-order valence-corrected chi connectivity index (χ4v) is 4.09. The lowest BCUT2D eigenvalue weighted by Crippen LogP contribution is -2.39. The number of rotatable bonds is 9. The van der Waals surface area contributed by atoms with Crippen LogP contribution in [0.2, 0.25) is 0 Å². The first-order chi connectivity index (χ1) is 14.3. The van der Waals surface area contributed by atoms with Gasteiger partial charge in [-0.3, -0.25) is 4.79 Å². The molecule has 0 aromatic heterocycles. The average Bonchev–Trinajstić information content (AvgIpc) is 2.73. The molecule has 8 nitrogen and oxygen atoms in total. The quantitative estimate of drug-likeness (QED) is 0.561. The van der Waals surface area contributed by atoms with Crippen molar-refractivity contribution in [1.29, 1.82) is 0 Å². The second kappa shape index (κ2) is 10.7. The Morgan fingerprint density at radius 3 is 2.10 bits per heavy atom. The number of carbonyl (C=O) groups excluding carboxylic acids is 2. The Kier molecular flexibility index (Phi) is 8.31. The van der Waals surface area contributed by atoms with Gasteiger partial charge in [-0.25, -0.2) is 17.6 Å². The molecule has 0 aliphatic carbocycles. The van der Waals surface area contributed by atoms with Crippen LogP contribution in [-0.4, -0.2) is 44.3 Å². The van der Waals surface area contributed by atoms with E-state index in [4.69, 9.17) is 0 Å². The molecule has 0 aliphatic heterocycles. The predicted octanol–water partition coefficient (Wildman–Crippen LogP) is 2.29. The van der Waals surface area contributed by atoms with Crippen LogP contribution in [-0.2, 0) is 21.4 Å². The minimum Gasteiger partial charge on any atom is -0.334 e. The SMILES string of the molecule is CCN(CC)S(=O)(=O)c1ccc(NC(=O)CNC(=O)NCc2ccc(F)cc2)cc1. The van der Waals surface area contributed by atoms with Crippen LogP contribution in [0.1, 0.15) is 19.4 Å². The highest BCUT2D eigenvalue weighted by atomic mass is 32.2. The lowest BCUT2D eigenvalue weighted by Gasteiger charge is -2.18. The third-order valence-corrected chi connectivity index (χ3v) is 6.32. The molecule has 0 heterocycles. The van der Waals surface area contributed by atoms with Crippen molar-refractivity contribution in [2.75, 3.05) is 25.0 Å². The summed E-state index contributed by atoms with van der Waals surface area (Å²) in [7, 11) is -3.57. The smallest absolute Gasteiger partial charge is 0.315 e. The van der Waals surface area contributed by atoms with Gasteiger partial charge in [0, 0.05) is 25.3 Å². The first-order valence-corrected chi connectivity index (χ1v) is 10.9. The molecule has 0 aliphatic rings. The predicted molar refractivity (Wildman–Crippen MR) is 112 cm³/mol. The van der Waals surface area contributed by atoms with Crippen molar-refractivity contribution >= 4 is 27.6 Å². The number of benzene rings is 2. The zero-order chi connectivity index (χ0) is 22.1. The highest BCUT2D eigenvalue weighted by Crippen LogP contribution is 2.18. The zero-order valence-electron chi connectivity index (χ0n) is 16.8. The summed E-state index contributed by atoms with van der Waals surface area (Å²) in [6.07, 6.45) is 0. The van der Waals surface area contributed by atoms with Crippen LogP contribution >= 0.6 is 0 Å². The summed E-state index contributed by atoms with van der Waals surface area (Å²) in [4.78, 5) is 23.9. The van der Waals surface area contributed by atoms with Gasteiger partial charge < -0.3 is 16.0 Å². The van der Waals surface area contributed by atoms with Gasteiger partial charge in [-0.15, -0.1) is 0 Å². The van der Waals surface area contributed by atoms with E-state index < -0.39 is 22.0 Å². The van der Waals surface area contributed by atoms with Gasteiger partial charge in [0.2, 0.25) is 15.9 Å². The van der Waals surface area contributed by atoms with E-state index in [1.54, 1.807) is 26.0 Å². The van der Waals surface area contributed by atoms with Crippen LogP contribution in [0.5, 0.6) is 0 Å². The Labute approximate surface area is 175 Å². The number of anilines is 1. The Balaban J connectivity index is 1.81. The van der Waals surface area contributed by atoms with Gasteiger partial charge in [0.15, 0.2) is 0 Å². The number of halogens is 1. The van der Waals surface area contributed by atoms with Gasteiger partial charge in [0.1, 0.15) is 5.82 Å². The molecule has 2 aromatic carbocycles. The molecule has 10 heteroatoms. The van der Waals surface area contributed by atoms with E-state index in [0.717, 1.165) is 5.56 Å². The molecule has 0 spiro atoms. The van der Waals surface area contributed by atoms with Gasteiger partial charge >= 0.3 is 6.03 Å². The van der Waals surface area contributed by atoms with Crippen LogP contribution in [0, 0.1) is 5.82 Å². The Hall–Kier alpha value is -2.98. The largest absolute Gasteiger partial charge is 0.334 e. The molecule has 0 bridgehead atoms. The van der Waals surface area contributed by atoms with Crippen molar-refractivity contribution in [3.63, 3.8) is 0 Å². The first kappa shape index (κ1) is 23.3. The summed E-state index contributed by atoms with van der Waals surface area (Å²) in [5.41, 5.74) is 1.13. The minimum atomic E-state index is -3.57. The lowest BCUT2D eigenvalue weighted by atomic mass is 10.2. The van der Waals surface area contributed by atoms with Crippen molar-refractivity contribution in [2.24, 2.45) is 0 Å². The number of hydrogen-bond donors (Lipinski definition) is 3. The number of hydrogen-bond acceptors (Lipinski definition) is 4. The molecule has 162 valence electrons. The van der Waals surface area contributed by atoms with E-state index in [2.05, 4.69) is 16.0 Å². The van der Waals surface area contributed by atoms with E-state index >= 15 is 0 Å². The minimum absolute atomic E-state index is 0.141. The van der Waals surface area contributed by atoms with Gasteiger partial charge in [-0.2, -0.15) is 4.31 Å². The highest BCUT2D eigenvalue weighted by Gasteiger charge is 2.21. The highest BCUT2D eigenvalue weighted by molar-refractivity contribution is 7.89. The van der Waals surface area contributed by atoms with Crippen LogP contribution in [0.25, 0.3) is 0 Å². The summed E-state index contributed by atoms with van der Waals surface area (Å²) >= 11 is 0. The maximum absolute atomic E-state index is 12.8. The Morgan fingerprint density at radius 2 is 1.53 bits per heavy atom. The molecule has 30 heavy (non-hydrogen) atoms. The number of nitrogens with zero attached hydrogens (tertiary/aromatic N) is 1. The van der Waals surface area contributed by atoms with E-state index in [-0.39, 0.29) is 23.8 Å². The van der Waals surface area contributed by atoms with Crippen molar-refractivity contribution in [3.05, 3.63) is 59.9 Å². The molecular weight excluding hydrogens is 411 g/mol. The van der Waals surface area contributed by atoms with Crippen LogP contribution < -0.4 is 16.0 Å². The van der Waals surface area contributed by atoms with E-state index in [1.807, 2.05) is 0 Å². The average molecular weight is 437 g/mol. The Bertz CT molecular complexity index is 959. The molecule has 0 saturated carbocycles. The lowest BCUT2D eigenvalue weighted by molar-refractivity contribution is -0.115. The van der Waals surface area contributed by atoms with Crippen molar-refractivity contribution in [1.82, 2.24) is 14.9 Å². The molecule has 2 rings (SSSR count). The normalized spacial score (nSPS) is 11.2. The summed E-state index contributed by atoms with van der Waals surface area (Å²) in [6, 6.07) is 11.0. The molecule has 0 fully saturated rings. The Morgan fingerprint density at radius 1 is 0.933 bits per heavy atom. The van der Waals surface area contributed by atoms with Gasteiger partial charge in [-0.05, 0) is 42.0 Å². The molecule has 0 atom stereocenters. The zero-order valence-corrected chi connectivity index (χ0v) is 17.6. The number of nitrogens with one attached hydrogen (secondary N) is 3. The fraction of sp³-hybridized carbons (Fsp3) is 0.300. The number of carbonyl (C=O) groups is 2. The van der Waals surface area contributed by atoms with E-state index in [1.165, 1.54) is 40.7 Å². The maximum atomic E-state index is 12.8. The standard InChI is InChI=1S/C20H25FN4O4S/c1-3-25(4-2)30(28,29)18-11-9-17(10-12-18)24-19(26)14-23-20(27)22-13-15-5-7-16(21)8-6-15/h5-12H,3-4,13-14H2,1-2H3,(H,24,26)(H2,22,23,27). The topological polar surface area (TPSA) is 108 Å². The third kappa shape index (κ3) is 6.53. The maximum Gasteiger partial charge on any atom is 0.315 e. The van der Waals surface area contributed by atoms with Crippen LogP contribution in [0.15, 0.2) is 53.4 Å². The molecular formula is C20H25FN4O4S. The first-order valence-electron chi connectivity index (χ1n) is 9.42. The molecule has 0 unspecified atom stereocenters. The molecule has 2 aromatic rings. The summed E-state index contributed by atoms with van der Waals surface area (Å²) in [5, 5.41) is 7.55. The second-order valence-electron chi connectivity index (χ2n) is 6.32. The summed E-state index contributed by atoms with van der Waals surface area (Å²) in [6.45, 7) is 4.18. The van der Waals surface area contributed by atoms with E-state index in [0.29, 0.717) is 18.8 Å². The van der Waals surface area contributed by atoms with Gasteiger partial charge in [-0.1, -0.05) is 26.0 Å². The fourth-order valence-electron chi connectivity index (χ4n) is 2.64.